The molecule has 0 aliphatic rings. The lowest BCUT2D eigenvalue weighted by Gasteiger charge is -2.23. The van der Waals surface area contributed by atoms with E-state index in [-0.39, 0.29) is 17.0 Å². The standard InChI is InChI=1S/C11H14Cl2N2O4/c12-10(13)11(19)15-7(4-16)9(18)5-1-2-6(14)8(17)3-5/h1-3,7,9-10,16-18H,4,14H2,(H,15,19)/t7-,9+/m0/s1. The summed E-state index contributed by atoms with van der Waals surface area (Å²) < 4.78 is 0. The number of halogens is 2. The molecule has 6 N–H and O–H groups in total. The Morgan fingerprint density at radius 2 is 2.05 bits per heavy atom. The van der Waals surface area contributed by atoms with Gasteiger partial charge in [0.1, 0.15) is 11.9 Å². The lowest BCUT2D eigenvalue weighted by Crippen LogP contribution is -2.44. The van der Waals surface area contributed by atoms with Crippen LogP contribution >= 0.6 is 23.2 Å². The second kappa shape index (κ2) is 6.81. The van der Waals surface area contributed by atoms with Crippen molar-refractivity contribution in [1.82, 2.24) is 5.32 Å². The first-order valence-corrected chi connectivity index (χ1v) is 6.20. The van der Waals surface area contributed by atoms with E-state index < -0.39 is 29.5 Å². The van der Waals surface area contributed by atoms with Crippen LogP contribution in [-0.4, -0.2) is 38.7 Å². The van der Waals surface area contributed by atoms with Gasteiger partial charge in [-0.05, 0) is 17.7 Å². The van der Waals surface area contributed by atoms with Gasteiger partial charge in [-0.3, -0.25) is 4.79 Å². The Hall–Kier alpha value is -1.21. The van der Waals surface area contributed by atoms with Gasteiger partial charge in [0.25, 0.3) is 5.91 Å². The molecule has 0 aromatic heterocycles. The minimum atomic E-state index is -1.30. The summed E-state index contributed by atoms with van der Waals surface area (Å²) in [6, 6.07) is 3.10. The van der Waals surface area contributed by atoms with Gasteiger partial charge >= 0.3 is 0 Å². The minimum absolute atomic E-state index is 0.155. The van der Waals surface area contributed by atoms with Gasteiger partial charge in [-0.1, -0.05) is 29.3 Å². The Balaban J connectivity index is 2.85. The fourth-order valence-corrected chi connectivity index (χ4v) is 1.57. The Labute approximate surface area is 119 Å². The van der Waals surface area contributed by atoms with E-state index in [0.29, 0.717) is 0 Å². The molecule has 0 spiro atoms. The van der Waals surface area contributed by atoms with Crippen molar-refractivity contribution in [1.29, 1.82) is 0 Å². The zero-order valence-corrected chi connectivity index (χ0v) is 11.3. The van der Waals surface area contributed by atoms with Crippen LogP contribution in [0, 0.1) is 0 Å². The molecule has 1 amide bonds. The molecule has 1 aromatic carbocycles. The SMILES string of the molecule is Nc1ccc([C@@H](O)[C@H](CO)NC(=O)C(Cl)Cl)cc1O. The van der Waals surface area contributed by atoms with Crippen molar-refractivity contribution in [3.8, 4) is 5.75 Å². The van der Waals surface area contributed by atoms with Crippen LogP contribution in [0.5, 0.6) is 5.75 Å². The Morgan fingerprint density at radius 1 is 1.42 bits per heavy atom. The van der Waals surface area contributed by atoms with Crippen LogP contribution in [0.25, 0.3) is 0 Å². The maximum Gasteiger partial charge on any atom is 0.253 e. The summed E-state index contributed by atoms with van der Waals surface area (Å²) in [4.78, 5) is 10.00. The van der Waals surface area contributed by atoms with Gasteiger partial charge in [-0.25, -0.2) is 0 Å². The molecule has 106 valence electrons. The number of phenolic OH excluding ortho intramolecular Hbond substituents is 1. The van der Waals surface area contributed by atoms with Crippen LogP contribution in [-0.2, 0) is 4.79 Å². The molecule has 8 heteroatoms. The summed E-state index contributed by atoms with van der Waals surface area (Å²) in [5.74, 6) is -0.937. The van der Waals surface area contributed by atoms with E-state index in [9.17, 15) is 15.0 Å². The molecular formula is C11H14Cl2N2O4. The van der Waals surface area contributed by atoms with Crippen molar-refractivity contribution in [2.45, 2.75) is 17.0 Å². The maximum atomic E-state index is 11.3. The Kier molecular flexibility index (Phi) is 5.68. The van der Waals surface area contributed by atoms with Crippen molar-refractivity contribution < 1.29 is 20.1 Å². The number of aliphatic hydroxyl groups is 2. The number of phenols is 1. The Bertz CT molecular complexity index is 456. The topological polar surface area (TPSA) is 116 Å². The molecule has 0 unspecified atom stereocenters. The molecule has 0 aliphatic heterocycles. The number of nitrogen functional groups attached to an aromatic ring is 1. The van der Waals surface area contributed by atoms with Gasteiger partial charge in [0, 0.05) is 0 Å². The number of alkyl halides is 2. The highest BCUT2D eigenvalue weighted by atomic mass is 35.5. The zero-order valence-electron chi connectivity index (χ0n) is 9.75. The smallest absolute Gasteiger partial charge is 0.253 e. The van der Waals surface area contributed by atoms with Crippen LogP contribution in [0.15, 0.2) is 18.2 Å². The number of hydrogen-bond acceptors (Lipinski definition) is 5. The number of nitrogens with one attached hydrogen (secondary N) is 1. The quantitative estimate of drug-likeness (QED) is 0.304. The number of amides is 1. The summed E-state index contributed by atoms with van der Waals surface area (Å²) in [6.45, 7) is -0.529. The van der Waals surface area contributed by atoms with Crippen molar-refractivity contribution in [3.05, 3.63) is 23.8 Å². The van der Waals surface area contributed by atoms with Crippen molar-refractivity contribution in [2.75, 3.05) is 12.3 Å². The molecule has 1 rings (SSSR count). The highest BCUT2D eigenvalue weighted by Gasteiger charge is 2.24. The number of hydrogen-bond donors (Lipinski definition) is 5. The Morgan fingerprint density at radius 3 is 2.53 bits per heavy atom. The first-order chi connectivity index (χ1) is 8.86. The second-order valence-electron chi connectivity index (χ2n) is 3.86. The number of benzene rings is 1. The van der Waals surface area contributed by atoms with E-state index in [1.54, 1.807) is 0 Å². The van der Waals surface area contributed by atoms with E-state index >= 15 is 0 Å². The number of nitrogens with two attached hydrogens (primary N) is 1. The van der Waals surface area contributed by atoms with Gasteiger partial charge in [0.2, 0.25) is 0 Å². The van der Waals surface area contributed by atoms with Gasteiger partial charge in [0.15, 0.2) is 4.84 Å². The molecule has 0 aliphatic carbocycles. The van der Waals surface area contributed by atoms with E-state index in [2.05, 4.69) is 5.32 Å². The minimum Gasteiger partial charge on any atom is -0.506 e. The predicted octanol–water partition coefficient (Wildman–Crippen LogP) is 0.289. The van der Waals surface area contributed by atoms with E-state index in [0.717, 1.165) is 0 Å². The van der Waals surface area contributed by atoms with Gasteiger partial charge < -0.3 is 26.4 Å². The number of anilines is 1. The monoisotopic (exact) mass is 308 g/mol. The zero-order chi connectivity index (χ0) is 14.6. The molecule has 0 heterocycles. The third kappa shape index (κ3) is 4.14. The second-order valence-corrected chi connectivity index (χ2v) is 4.96. The summed E-state index contributed by atoms with van der Waals surface area (Å²) in [7, 11) is 0. The molecule has 0 bridgehead atoms. The van der Waals surface area contributed by atoms with E-state index in [4.69, 9.17) is 34.0 Å². The lowest BCUT2D eigenvalue weighted by molar-refractivity contribution is -0.121. The van der Waals surface area contributed by atoms with Crippen LogP contribution < -0.4 is 11.1 Å². The number of rotatable bonds is 5. The summed E-state index contributed by atoms with van der Waals surface area (Å²) >= 11 is 10.7. The fourth-order valence-electron chi connectivity index (χ4n) is 1.45. The maximum absolute atomic E-state index is 11.3. The predicted molar refractivity (Wildman–Crippen MR) is 72.0 cm³/mol. The number of carbonyl (C=O) groups is 1. The average molecular weight is 309 g/mol. The third-order valence-electron chi connectivity index (χ3n) is 2.50. The van der Waals surface area contributed by atoms with E-state index in [1.165, 1.54) is 18.2 Å². The van der Waals surface area contributed by atoms with Crippen LogP contribution in [0.4, 0.5) is 5.69 Å². The molecule has 1 aromatic rings. The van der Waals surface area contributed by atoms with Crippen LogP contribution in [0.2, 0.25) is 0 Å². The molecular weight excluding hydrogens is 295 g/mol. The van der Waals surface area contributed by atoms with Gasteiger partial charge in [-0.2, -0.15) is 0 Å². The molecule has 2 atom stereocenters. The first kappa shape index (κ1) is 15.8. The molecule has 0 saturated heterocycles. The average Bonchev–Trinajstić information content (AvgIpc) is 2.37. The molecule has 0 saturated carbocycles. The lowest BCUT2D eigenvalue weighted by atomic mass is 10.0. The first-order valence-electron chi connectivity index (χ1n) is 5.32. The highest BCUT2D eigenvalue weighted by molar-refractivity contribution is 6.53. The third-order valence-corrected chi connectivity index (χ3v) is 2.90. The normalized spacial score (nSPS) is 14.2. The molecule has 19 heavy (non-hydrogen) atoms. The van der Waals surface area contributed by atoms with Crippen molar-refractivity contribution in [2.24, 2.45) is 0 Å². The van der Waals surface area contributed by atoms with Gasteiger partial charge in [0.05, 0.1) is 18.3 Å². The number of aliphatic hydroxyl groups excluding tert-OH is 2. The van der Waals surface area contributed by atoms with Crippen LogP contribution in [0.1, 0.15) is 11.7 Å². The largest absolute Gasteiger partial charge is 0.506 e. The van der Waals surface area contributed by atoms with Crippen LogP contribution in [0.3, 0.4) is 0 Å². The molecule has 0 fully saturated rings. The van der Waals surface area contributed by atoms with Crippen molar-refractivity contribution in [3.63, 3.8) is 0 Å². The highest BCUT2D eigenvalue weighted by Crippen LogP contribution is 2.26. The molecule has 6 nitrogen and oxygen atoms in total. The number of aromatic hydroxyl groups is 1. The summed E-state index contributed by atoms with van der Waals surface area (Å²) in [6.07, 6.45) is -1.24. The fraction of sp³-hybridized carbons (Fsp3) is 0.364. The molecule has 0 radical (unpaired) electrons. The van der Waals surface area contributed by atoms with E-state index in [1.807, 2.05) is 0 Å². The summed E-state index contributed by atoms with van der Waals surface area (Å²) in [5, 5.41) is 30.9. The van der Waals surface area contributed by atoms with Gasteiger partial charge in [-0.15, -0.1) is 0 Å². The van der Waals surface area contributed by atoms with Crippen molar-refractivity contribution >= 4 is 34.8 Å². The number of carbonyl (C=O) groups excluding carboxylic acids is 1. The summed E-state index contributed by atoms with van der Waals surface area (Å²) in [5.41, 5.74) is 5.87.